The highest BCUT2D eigenvalue weighted by molar-refractivity contribution is 7.09. The van der Waals surface area contributed by atoms with Crippen LogP contribution in [0.2, 0.25) is 0 Å². The van der Waals surface area contributed by atoms with Crippen LogP contribution in [0.5, 0.6) is 5.75 Å². The Bertz CT molecular complexity index is 858. The van der Waals surface area contributed by atoms with E-state index in [2.05, 4.69) is 10.3 Å². The lowest BCUT2D eigenvalue weighted by Gasteiger charge is -2.12. The Hall–Kier alpha value is -2.66. The molecule has 0 unspecified atom stereocenters. The second-order valence-electron chi connectivity index (χ2n) is 5.41. The van der Waals surface area contributed by atoms with Gasteiger partial charge in [0.15, 0.2) is 0 Å². The van der Waals surface area contributed by atoms with Crippen LogP contribution in [-0.4, -0.2) is 10.9 Å². The molecule has 3 rings (SSSR count). The SMILES string of the molecule is Cc1nc(COc2ccccc2C(=O)Nc2ccccc2C)cs1. The molecular formula is C19H18N2O2S. The van der Waals surface area contributed by atoms with Crippen LogP contribution in [0.1, 0.15) is 26.6 Å². The van der Waals surface area contributed by atoms with Gasteiger partial charge in [0, 0.05) is 11.1 Å². The lowest BCUT2D eigenvalue weighted by molar-refractivity contribution is 0.102. The molecular weight excluding hydrogens is 320 g/mol. The first-order chi connectivity index (χ1) is 11.6. The summed E-state index contributed by atoms with van der Waals surface area (Å²) in [4.78, 5) is 17.0. The normalized spacial score (nSPS) is 10.4. The molecule has 5 heteroatoms. The molecule has 1 amide bonds. The number of ether oxygens (including phenoxy) is 1. The maximum atomic E-state index is 12.6. The molecule has 0 atom stereocenters. The monoisotopic (exact) mass is 338 g/mol. The molecule has 0 aliphatic rings. The number of nitrogens with one attached hydrogen (secondary N) is 1. The quantitative estimate of drug-likeness (QED) is 0.740. The predicted octanol–water partition coefficient (Wildman–Crippen LogP) is 4.59. The summed E-state index contributed by atoms with van der Waals surface area (Å²) in [6, 6.07) is 14.9. The zero-order chi connectivity index (χ0) is 16.9. The van der Waals surface area contributed by atoms with Gasteiger partial charge in [0.05, 0.1) is 16.3 Å². The fourth-order valence-electron chi connectivity index (χ4n) is 2.31. The number of nitrogens with zero attached hydrogens (tertiary/aromatic N) is 1. The van der Waals surface area contributed by atoms with E-state index in [1.807, 2.05) is 55.6 Å². The van der Waals surface area contributed by atoms with Crippen LogP contribution < -0.4 is 10.1 Å². The zero-order valence-corrected chi connectivity index (χ0v) is 14.4. The Balaban J connectivity index is 1.75. The van der Waals surface area contributed by atoms with Gasteiger partial charge in [0.2, 0.25) is 0 Å². The number of hydrogen-bond acceptors (Lipinski definition) is 4. The largest absolute Gasteiger partial charge is 0.486 e. The van der Waals surface area contributed by atoms with Gasteiger partial charge in [0.1, 0.15) is 12.4 Å². The van der Waals surface area contributed by atoms with Crippen molar-refractivity contribution in [3.8, 4) is 5.75 Å². The first-order valence-electron chi connectivity index (χ1n) is 7.63. The highest BCUT2D eigenvalue weighted by Gasteiger charge is 2.13. The molecule has 0 spiro atoms. The maximum Gasteiger partial charge on any atom is 0.259 e. The molecule has 0 bridgehead atoms. The van der Waals surface area contributed by atoms with E-state index in [1.165, 1.54) is 0 Å². The molecule has 1 aromatic heterocycles. The molecule has 2 aromatic carbocycles. The molecule has 122 valence electrons. The fourth-order valence-corrected chi connectivity index (χ4v) is 2.91. The van der Waals surface area contributed by atoms with Gasteiger partial charge in [-0.1, -0.05) is 30.3 Å². The second kappa shape index (κ2) is 7.27. The minimum atomic E-state index is -0.186. The summed E-state index contributed by atoms with van der Waals surface area (Å²) >= 11 is 1.58. The van der Waals surface area contributed by atoms with Crippen LogP contribution in [0, 0.1) is 13.8 Å². The van der Waals surface area contributed by atoms with Gasteiger partial charge in [-0.3, -0.25) is 4.79 Å². The van der Waals surface area contributed by atoms with Gasteiger partial charge in [0.25, 0.3) is 5.91 Å². The number of aryl methyl sites for hydroxylation is 2. The molecule has 0 fully saturated rings. The minimum absolute atomic E-state index is 0.186. The molecule has 0 saturated heterocycles. The summed E-state index contributed by atoms with van der Waals surface area (Å²) in [5, 5.41) is 5.90. The zero-order valence-electron chi connectivity index (χ0n) is 13.6. The van der Waals surface area contributed by atoms with Crippen molar-refractivity contribution in [3.63, 3.8) is 0 Å². The number of aromatic nitrogens is 1. The second-order valence-corrected chi connectivity index (χ2v) is 6.47. The molecule has 0 aliphatic carbocycles. The van der Waals surface area contributed by atoms with E-state index in [4.69, 9.17) is 4.74 Å². The molecule has 0 aliphatic heterocycles. The summed E-state index contributed by atoms with van der Waals surface area (Å²) in [7, 11) is 0. The van der Waals surface area contributed by atoms with E-state index in [9.17, 15) is 4.79 Å². The van der Waals surface area contributed by atoms with Crippen molar-refractivity contribution in [2.45, 2.75) is 20.5 Å². The van der Waals surface area contributed by atoms with Gasteiger partial charge >= 0.3 is 0 Å². The number of thiazole rings is 1. The highest BCUT2D eigenvalue weighted by atomic mass is 32.1. The van der Waals surface area contributed by atoms with E-state index in [1.54, 1.807) is 23.5 Å². The van der Waals surface area contributed by atoms with Crippen molar-refractivity contribution in [3.05, 3.63) is 75.7 Å². The first kappa shape index (κ1) is 16.2. The van der Waals surface area contributed by atoms with Crippen molar-refractivity contribution < 1.29 is 9.53 Å². The summed E-state index contributed by atoms with van der Waals surface area (Å²) in [6.07, 6.45) is 0. The number of anilines is 1. The number of benzene rings is 2. The van der Waals surface area contributed by atoms with Gasteiger partial charge in [-0.15, -0.1) is 11.3 Å². The lowest BCUT2D eigenvalue weighted by atomic mass is 10.1. The Kier molecular flexibility index (Phi) is 4.91. The third-order valence-corrected chi connectivity index (χ3v) is 4.39. The van der Waals surface area contributed by atoms with Crippen LogP contribution in [-0.2, 0) is 6.61 Å². The molecule has 1 heterocycles. The fraction of sp³-hybridized carbons (Fsp3) is 0.158. The van der Waals surface area contributed by atoms with Crippen LogP contribution in [0.3, 0.4) is 0 Å². The van der Waals surface area contributed by atoms with Crippen LogP contribution in [0.25, 0.3) is 0 Å². The summed E-state index contributed by atoms with van der Waals surface area (Å²) in [5.41, 5.74) is 3.19. The van der Waals surface area contributed by atoms with E-state index in [-0.39, 0.29) is 5.91 Å². The Morgan fingerprint density at radius 1 is 1.12 bits per heavy atom. The Labute approximate surface area is 145 Å². The number of para-hydroxylation sites is 2. The highest BCUT2D eigenvalue weighted by Crippen LogP contribution is 2.22. The summed E-state index contributed by atoms with van der Waals surface area (Å²) in [5.74, 6) is 0.364. The lowest BCUT2D eigenvalue weighted by Crippen LogP contribution is -2.14. The molecule has 3 aromatic rings. The number of rotatable bonds is 5. The summed E-state index contributed by atoms with van der Waals surface area (Å²) in [6.45, 7) is 4.26. The van der Waals surface area contributed by atoms with Crippen molar-refractivity contribution in [2.24, 2.45) is 0 Å². The van der Waals surface area contributed by atoms with Crippen molar-refractivity contribution >= 4 is 22.9 Å². The first-order valence-corrected chi connectivity index (χ1v) is 8.51. The van der Waals surface area contributed by atoms with Gasteiger partial charge < -0.3 is 10.1 Å². The van der Waals surface area contributed by atoms with Gasteiger partial charge in [-0.25, -0.2) is 4.98 Å². The number of carbonyl (C=O) groups excluding carboxylic acids is 1. The Morgan fingerprint density at radius 2 is 1.88 bits per heavy atom. The average Bonchev–Trinajstić information content (AvgIpc) is 3.01. The number of amides is 1. The minimum Gasteiger partial charge on any atom is -0.486 e. The standard InChI is InChI=1S/C19H18N2O2S/c1-13-7-3-5-9-17(13)21-19(22)16-8-4-6-10-18(16)23-11-15-12-24-14(2)20-15/h3-10,12H,11H2,1-2H3,(H,21,22). The molecule has 4 nitrogen and oxygen atoms in total. The number of carbonyl (C=O) groups is 1. The van der Waals surface area contributed by atoms with Crippen LogP contribution >= 0.6 is 11.3 Å². The Morgan fingerprint density at radius 3 is 2.62 bits per heavy atom. The predicted molar refractivity (Wildman–Crippen MR) is 96.8 cm³/mol. The smallest absolute Gasteiger partial charge is 0.259 e. The third kappa shape index (κ3) is 3.81. The maximum absolute atomic E-state index is 12.6. The van der Waals surface area contributed by atoms with Crippen molar-refractivity contribution in [2.75, 3.05) is 5.32 Å². The van der Waals surface area contributed by atoms with E-state index >= 15 is 0 Å². The van der Waals surface area contributed by atoms with Crippen molar-refractivity contribution in [1.82, 2.24) is 4.98 Å². The number of hydrogen-bond donors (Lipinski definition) is 1. The van der Waals surface area contributed by atoms with E-state index in [0.29, 0.717) is 17.9 Å². The molecule has 24 heavy (non-hydrogen) atoms. The van der Waals surface area contributed by atoms with Crippen LogP contribution in [0.15, 0.2) is 53.9 Å². The van der Waals surface area contributed by atoms with Crippen LogP contribution in [0.4, 0.5) is 5.69 Å². The summed E-state index contributed by atoms with van der Waals surface area (Å²) < 4.78 is 5.81. The average molecular weight is 338 g/mol. The van der Waals surface area contributed by atoms with E-state index in [0.717, 1.165) is 22.0 Å². The van der Waals surface area contributed by atoms with E-state index < -0.39 is 0 Å². The topological polar surface area (TPSA) is 51.2 Å². The van der Waals surface area contributed by atoms with Crippen molar-refractivity contribution in [1.29, 1.82) is 0 Å². The van der Waals surface area contributed by atoms with Gasteiger partial charge in [-0.05, 0) is 37.6 Å². The van der Waals surface area contributed by atoms with Gasteiger partial charge in [-0.2, -0.15) is 0 Å². The molecule has 1 N–H and O–H groups in total. The third-order valence-electron chi connectivity index (χ3n) is 3.57. The molecule has 0 radical (unpaired) electrons. The molecule has 0 saturated carbocycles.